The normalized spacial score (nSPS) is 27.4. The van der Waals surface area contributed by atoms with Gasteiger partial charge >= 0.3 is 0 Å². The van der Waals surface area contributed by atoms with Crippen LogP contribution in [0.25, 0.3) is 0 Å². The van der Waals surface area contributed by atoms with Gasteiger partial charge in [0.05, 0.1) is 5.54 Å². The highest BCUT2D eigenvalue weighted by atomic mass is 35.5. The first-order valence-corrected chi connectivity index (χ1v) is 10.7. The van der Waals surface area contributed by atoms with Crippen molar-refractivity contribution in [2.24, 2.45) is 0 Å². The number of hydrogen-bond acceptors (Lipinski definition) is 1. The predicted molar refractivity (Wildman–Crippen MR) is 118 cm³/mol. The lowest BCUT2D eigenvalue weighted by atomic mass is 9.61. The molecule has 1 fully saturated rings. The molecule has 0 N–H and O–H groups in total. The van der Waals surface area contributed by atoms with E-state index in [1.54, 1.807) is 0 Å². The maximum Gasteiger partial charge on any atom is 0.0517 e. The molecule has 2 aliphatic rings. The number of hydrogen-bond donors (Lipinski definition) is 0. The lowest BCUT2D eigenvalue weighted by molar-refractivity contribution is 0.194. The van der Waals surface area contributed by atoms with Gasteiger partial charge in [-0.3, -0.25) is 0 Å². The van der Waals surface area contributed by atoms with Crippen molar-refractivity contribution in [1.82, 2.24) is 0 Å². The summed E-state index contributed by atoms with van der Waals surface area (Å²) >= 11 is 6.47. The van der Waals surface area contributed by atoms with Gasteiger partial charge in [0.25, 0.3) is 0 Å². The third-order valence-electron chi connectivity index (χ3n) is 7.26. The number of aryl methyl sites for hydroxylation is 1. The van der Waals surface area contributed by atoms with Crippen LogP contribution in [-0.4, -0.2) is 5.54 Å². The third-order valence-corrected chi connectivity index (χ3v) is 7.47. The largest absolute Gasteiger partial charge is 0.334 e. The minimum absolute atomic E-state index is 0.0845. The molecule has 1 heterocycles. The number of benzene rings is 2. The molecule has 0 bridgehead atoms. The van der Waals surface area contributed by atoms with Crippen LogP contribution in [0.3, 0.4) is 0 Å². The first-order valence-electron chi connectivity index (χ1n) is 10.3. The molecule has 1 aliphatic carbocycles. The number of nitrogens with zero attached hydrogens (tertiary/aromatic N) is 1. The summed E-state index contributed by atoms with van der Waals surface area (Å²) in [4.78, 5) is 2.60. The van der Waals surface area contributed by atoms with Crippen molar-refractivity contribution in [3.8, 4) is 0 Å². The molecule has 1 nitrogen and oxygen atoms in total. The number of halogens is 1. The molecule has 2 aromatic rings. The van der Waals surface area contributed by atoms with Gasteiger partial charge in [-0.2, -0.15) is 0 Å². The highest BCUT2D eigenvalue weighted by Crippen LogP contribution is 2.61. The highest BCUT2D eigenvalue weighted by Gasteiger charge is 2.57. The van der Waals surface area contributed by atoms with E-state index in [-0.39, 0.29) is 16.4 Å². The Morgan fingerprint density at radius 1 is 0.963 bits per heavy atom. The maximum atomic E-state index is 6.47. The van der Waals surface area contributed by atoms with Gasteiger partial charge in [0.15, 0.2) is 0 Å². The van der Waals surface area contributed by atoms with Gasteiger partial charge in [0.1, 0.15) is 0 Å². The van der Waals surface area contributed by atoms with Crippen LogP contribution in [0.4, 0.5) is 11.4 Å². The van der Waals surface area contributed by atoms with Crippen molar-refractivity contribution in [2.75, 3.05) is 4.90 Å². The molecule has 0 radical (unpaired) electrons. The SMILES string of the molecule is Cc1cc(Cl)cc(N2c3ccc(C(C)(C)C)cc3C3(C)CCCCC23C)c1. The van der Waals surface area contributed by atoms with E-state index in [9.17, 15) is 0 Å². The molecular weight excluding hydrogens is 350 g/mol. The fourth-order valence-electron chi connectivity index (χ4n) is 5.45. The van der Waals surface area contributed by atoms with Crippen LogP contribution in [0.15, 0.2) is 36.4 Å². The molecule has 1 saturated carbocycles. The van der Waals surface area contributed by atoms with Gasteiger partial charge in [0.2, 0.25) is 0 Å². The highest BCUT2D eigenvalue weighted by molar-refractivity contribution is 6.31. The Bertz CT molecular complexity index is 873. The summed E-state index contributed by atoms with van der Waals surface area (Å²) in [6, 6.07) is 13.7. The van der Waals surface area contributed by atoms with Crippen molar-refractivity contribution >= 4 is 23.0 Å². The van der Waals surface area contributed by atoms with E-state index >= 15 is 0 Å². The van der Waals surface area contributed by atoms with Gasteiger partial charge in [-0.1, -0.05) is 64.3 Å². The van der Waals surface area contributed by atoms with Crippen LogP contribution in [0.5, 0.6) is 0 Å². The van der Waals surface area contributed by atoms with Crippen molar-refractivity contribution in [3.05, 3.63) is 58.1 Å². The van der Waals surface area contributed by atoms with Crippen molar-refractivity contribution in [3.63, 3.8) is 0 Å². The fraction of sp³-hybridized carbons (Fsp3) is 0.520. The zero-order valence-electron chi connectivity index (χ0n) is 17.6. The Kier molecular flexibility index (Phi) is 4.20. The Labute approximate surface area is 169 Å². The monoisotopic (exact) mass is 381 g/mol. The molecule has 0 amide bonds. The summed E-state index contributed by atoms with van der Waals surface area (Å²) in [5.41, 5.74) is 7.19. The molecule has 0 saturated heterocycles. The van der Waals surface area contributed by atoms with Crippen LogP contribution >= 0.6 is 11.6 Å². The van der Waals surface area contributed by atoms with Crippen LogP contribution in [0.2, 0.25) is 5.02 Å². The Morgan fingerprint density at radius 3 is 2.33 bits per heavy atom. The van der Waals surface area contributed by atoms with E-state index in [0.29, 0.717) is 0 Å². The quantitative estimate of drug-likeness (QED) is 0.489. The molecule has 1 aliphatic heterocycles. The Balaban J connectivity index is 1.98. The summed E-state index contributed by atoms with van der Waals surface area (Å²) in [6.07, 6.45) is 5.07. The molecule has 2 heteroatoms. The summed E-state index contributed by atoms with van der Waals surface area (Å²) in [5.74, 6) is 0. The lowest BCUT2D eigenvalue weighted by Crippen LogP contribution is -2.54. The van der Waals surface area contributed by atoms with E-state index in [4.69, 9.17) is 11.6 Å². The number of fused-ring (bicyclic) bond motifs is 3. The second-order valence-electron chi connectivity index (χ2n) is 10.1. The first-order chi connectivity index (χ1) is 12.6. The van der Waals surface area contributed by atoms with Gasteiger partial charge in [-0.05, 0) is 73.1 Å². The molecule has 144 valence electrons. The maximum absolute atomic E-state index is 6.47. The molecule has 2 unspecified atom stereocenters. The standard InChI is InChI=1S/C25H32ClN/c1-17-13-19(26)16-20(14-17)27-22-10-9-18(23(2,3)4)15-21(22)24(5)11-7-8-12-25(24,27)6/h9-10,13-16H,7-8,11-12H2,1-6H3. The van der Waals surface area contributed by atoms with E-state index in [1.165, 1.54) is 53.7 Å². The predicted octanol–water partition coefficient (Wildman–Crippen LogP) is 7.69. The smallest absolute Gasteiger partial charge is 0.0517 e. The third kappa shape index (κ3) is 2.73. The number of rotatable bonds is 1. The Morgan fingerprint density at radius 2 is 1.67 bits per heavy atom. The minimum atomic E-state index is 0.0845. The number of anilines is 2. The van der Waals surface area contributed by atoms with Crippen molar-refractivity contribution in [1.29, 1.82) is 0 Å². The molecule has 0 spiro atoms. The van der Waals surface area contributed by atoms with E-state index in [2.05, 4.69) is 76.8 Å². The topological polar surface area (TPSA) is 3.24 Å². The molecule has 4 rings (SSSR count). The van der Waals surface area contributed by atoms with Crippen LogP contribution < -0.4 is 4.90 Å². The molecule has 0 aromatic heterocycles. The van der Waals surface area contributed by atoms with Crippen LogP contribution in [0, 0.1) is 6.92 Å². The second kappa shape index (κ2) is 6.01. The Hall–Kier alpha value is -1.47. The zero-order valence-corrected chi connectivity index (χ0v) is 18.4. The second-order valence-corrected chi connectivity index (χ2v) is 10.6. The minimum Gasteiger partial charge on any atom is -0.334 e. The molecule has 27 heavy (non-hydrogen) atoms. The van der Waals surface area contributed by atoms with E-state index < -0.39 is 0 Å². The van der Waals surface area contributed by atoms with Gasteiger partial charge in [-0.25, -0.2) is 0 Å². The van der Waals surface area contributed by atoms with E-state index in [1.807, 2.05) is 6.07 Å². The lowest BCUT2D eigenvalue weighted by Gasteiger charge is -2.50. The van der Waals surface area contributed by atoms with Gasteiger partial charge < -0.3 is 4.90 Å². The average molecular weight is 382 g/mol. The average Bonchev–Trinajstić information content (AvgIpc) is 2.77. The fourth-order valence-corrected chi connectivity index (χ4v) is 5.74. The molecule has 2 atom stereocenters. The van der Waals surface area contributed by atoms with Crippen molar-refractivity contribution < 1.29 is 0 Å². The van der Waals surface area contributed by atoms with Gasteiger partial charge in [-0.15, -0.1) is 0 Å². The summed E-state index contributed by atoms with van der Waals surface area (Å²) in [7, 11) is 0. The molecule has 2 aromatic carbocycles. The summed E-state index contributed by atoms with van der Waals surface area (Å²) < 4.78 is 0. The first kappa shape index (κ1) is 18.9. The van der Waals surface area contributed by atoms with E-state index in [0.717, 1.165) is 5.02 Å². The zero-order chi connectivity index (χ0) is 19.6. The van der Waals surface area contributed by atoms with Crippen molar-refractivity contribution in [2.45, 2.75) is 83.6 Å². The van der Waals surface area contributed by atoms with Crippen LogP contribution in [0.1, 0.15) is 77.0 Å². The van der Waals surface area contributed by atoms with Gasteiger partial charge in [0, 0.05) is 21.8 Å². The molecular formula is C25H32ClN. The van der Waals surface area contributed by atoms with Crippen LogP contribution in [-0.2, 0) is 10.8 Å². The summed E-state index contributed by atoms with van der Waals surface area (Å²) in [5, 5.41) is 0.825. The summed E-state index contributed by atoms with van der Waals surface area (Å²) in [6.45, 7) is 14.0.